The maximum atomic E-state index is 12.5. The van der Waals surface area contributed by atoms with Crippen LogP contribution in [-0.4, -0.2) is 17.4 Å². The number of unbranched alkanes of at least 4 members (excludes halogenated alkanes) is 4. The Labute approximate surface area is 132 Å². The van der Waals surface area contributed by atoms with E-state index in [-0.39, 0.29) is 11.5 Å². The highest BCUT2D eigenvalue weighted by Gasteiger charge is 2.34. The van der Waals surface area contributed by atoms with Crippen LogP contribution in [0, 0.1) is 5.92 Å². The molecular weight excluding hydrogens is 258 g/mol. The summed E-state index contributed by atoms with van der Waals surface area (Å²) in [6.07, 6.45) is 9.32. The molecule has 0 spiro atoms. The summed E-state index contributed by atoms with van der Waals surface area (Å²) >= 11 is 0. The zero-order chi connectivity index (χ0) is 16.5. The Kier molecular flexibility index (Phi) is 9.85. The van der Waals surface area contributed by atoms with Gasteiger partial charge in [0.15, 0.2) is 5.78 Å². The first-order chi connectivity index (χ1) is 9.69. The van der Waals surface area contributed by atoms with E-state index in [0.717, 1.165) is 12.8 Å². The monoisotopic (exact) mass is 295 g/mol. The Morgan fingerprint density at radius 2 is 1.62 bits per heavy atom. The van der Waals surface area contributed by atoms with Crippen molar-refractivity contribution in [3.63, 3.8) is 0 Å². The topological polar surface area (TPSA) is 29.1 Å². The van der Waals surface area contributed by atoms with Crippen molar-refractivity contribution in [1.29, 1.82) is 0 Å². The molecule has 124 valence electrons. The lowest BCUT2D eigenvalue weighted by atomic mass is 9.83. The summed E-state index contributed by atoms with van der Waals surface area (Å²) in [5, 5.41) is 3.50. The van der Waals surface area contributed by atoms with Crippen LogP contribution in [0.4, 0.5) is 0 Å². The highest BCUT2D eigenvalue weighted by molar-refractivity contribution is 5.89. The van der Waals surface area contributed by atoms with Gasteiger partial charge in [0.05, 0.1) is 5.54 Å². The minimum atomic E-state index is -0.359. The molecule has 0 aliphatic heterocycles. The van der Waals surface area contributed by atoms with E-state index >= 15 is 0 Å². The molecule has 0 rings (SSSR count). The molecular formula is C19H37NO. The first kappa shape index (κ1) is 20.4. The average molecular weight is 296 g/mol. The number of ketones is 1. The fourth-order valence-corrected chi connectivity index (χ4v) is 2.91. The van der Waals surface area contributed by atoms with Crippen molar-refractivity contribution in [2.75, 3.05) is 0 Å². The van der Waals surface area contributed by atoms with Crippen LogP contribution in [0.1, 0.15) is 87.0 Å². The van der Waals surface area contributed by atoms with Gasteiger partial charge in [0.2, 0.25) is 0 Å². The van der Waals surface area contributed by atoms with Crippen LogP contribution in [0.3, 0.4) is 0 Å². The number of allylic oxidation sites excluding steroid dienone is 2. The van der Waals surface area contributed by atoms with Gasteiger partial charge in [-0.1, -0.05) is 44.8 Å². The minimum absolute atomic E-state index is 0.0962. The van der Waals surface area contributed by atoms with Crippen molar-refractivity contribution < 1.29 is 4.79 Å². The highest BCUT2D eigenvalue weighted by Crippen LogP contribution is 2.21. The second-order valence-electron chi connectivity index (χ2n) is 7.38. The third-order valence-corrected chi connectivity index (χ3v) is 3.86. The van der Waals surface area contributed by atoms with Gasteiger partial charge < -0.3 is 5.32 Å². The second kappa shape index (κ2) is 10.2. The number of carbonyl (C=O) groups is 1. The maximum absolute atomic E-state index is 12.5. The summed E-state index contributed by atoms with van der Waals surface area (Å²) in [5.74, 6) is 0.444. The second-order valence-corrected chi connectivity index (χ2v) is 7.38. The summed E-state index contributed by atoms with van der Waals surface area (Å²) in [6.45, 7) is 14.6. The van der Waals surface area contributed by atoms with Gasteiger partial charge >= 0.3 is 0 Å². The number of nitrogens with one attached hydrogen (secondary N) is 1. The zero-order valence-corrected chi connectivity index (χ0v) is 15.4. The predicted molar refractivity (Wildman–Crippen MR) is 93.7 cm³/mol. The fourth-order valence-electron chi connectivity index (χ4n) is 2.91. The number of rotatable bonds is 11. The van der Waals surface area contributed by atoms with Crippen molar-refractivity contribution in [2.24, 2.45) is 5.92 Å². The van der Waals surface area contributed by atoms with Crippen molar-refractivity contribution >= 4 is 5.78 Å². The molecule has 0 radical (unpaired) electrons. The zero-order valence-electron chi connectivity index (χ0n) is 15.4. The molecule has 0 aromatic rings. The van der Waals surface area contributed by atoms with Gasteiger partial charge in [-0.2, -0.15) is 0 Å². The Morgan fingerprint density at radius 1 is 1.05 bits per heavy atom. The Bertz CT molecular complexity index is 326. The van der Waals surface area contributed by atoms with E-state index in [1.165, 1.54) is 31.3 Å². The van der Waals surface area contributed by atoms with Crippen molar-refractivity contribution in [3.8, 4) is 0 Å². The lowest BCUT2D eigenvalue weighted by Crippen LogP contribution is -2.53. The minimum Gasteiger partial charge on any atom is -0.303 e. The number of hydrogen-bond acceptors (Lipinski definition) is 2. The summed E-state index contributed by atoms with van der Waals surface area (Å²) in [6, 6.07) is 0.343. The molecule has 1 atom stereocenters. The molecule has 2 nitrogen and oxygen atoms in total. The van der Waals surface area contributed by atoms with Crippen LogP contribution in [0.5, 0.6) is 0 Å². The normalized spacial score (nSPS) is 14.3. The highest BCUT2D eigenvalue weighted by atomic mass is 16.1. The molecule has 0 saturated carbocycles. The first-order valence-electron chi connectivity index (χ1n) is 8.64. The first-order valence-corrected chi connectivity index (χ1v) is 8.64. The SMILES string of the molecule is CC(C)=CCCCCCCC(C)(NC(C)C)C(=O)C(C)C. The Balaban J connectivity index is 4.20. The lowest BCUT2D eigenvalue weighted by molar-refractivity contribution is -0.128. The Hall–Kier alpha value is -0.630. The van der Waals surface area contributed by atoms with Crippen molar-refractivity contribution in [3.05, 3.63) is 11.6 Å². The quantitative estimate of drug-likeness (QED) is 0.415. The van der Waals surface area contributed by atoms with Gasteiger partial charge in [-0.25, -0.2) is 0 Å². The molecule has 1 unspecified atom stereocenters. The molecule has 0 bridgehead atoms. The molecule has 2 heteroatoms. The lowest BCUT2D eigenvalue weighted by Gasteiger charge is -2.33. The van der Waals surface area contributed by atoms with E-state index in [9.17, 15) is 4.79 Å². The number of carbonyl (C=O) groups excluding carboxylic acids is 1. The molecule has 0 aliphatic rings. The molecule has 0 saturated heterocycles. The van der Waals surface area contributed by atoms with Crippen LogP contribution in [0.2, 0.25) is 0 Å². The molecule has 0 amide bonds. The molecule has 0 aliphatic carbocycles. The van der Waals surface area contributed by atoms with Crippen LogP contribution in [0.15, 0.2) is 11.6 Å². The molecule has 0 fully saturated rings. The summed E-state index contributed by atoms with van der Waals surface area (Å²) in [7, 11) is 0. The summed E-state index contributed by atoms with van der Waals surface area (Å²) in [4.78, 5) is 12.5. The number of Topliss-reactive ketones (excluding diaryl/α,β-unsaturated/α-hetero) is 1. The molecule has 0 aromatic heterocycles. The number of hydrogen-bond donors (Lipinski definition) is 1. The maximum Gasteiger partial charge on any atom is 0.155 e. The predicted octanol–water partition coefficient (Wildman–Crippen LogP) is 5.28. The Morgan fingerprint density at radius 3 is 2.10 bits per heavy atom. The van der Waals surface area contributed by atoms with E-state index in [4.69, 9.17) is 0 Å². The molecule has 0 aromatic carbocycles. The largest absolute Gasteiger partial charge is 0.303 e. The van der Waals surface area contributed by atoms with Crippen LogP contribution >= 0.6 is 0 Å². The van der Waals surface area contributed by atoms with E-state index in [1.807, 2.05) is 13.8 Å². The van der Waals surface area contributed by atoms with E-state index in [2.05, 4.69) is 46.0 Å². The third-order valence-electron chi connectivity index (χ3n) is 3.86. The van der Waals surface area contributed by atoms with Crippen LogP contribution in [-0.2, 0) is 4.79 Å². The van der Waals surface area contributed by atoms with Gasteiger partial charge in [-0.05, 0) is 53.9 Å². The smallest absolute Gasteiger partial charge is 0.155 e. The fraction of sp³-hybridized carbons (Fsp3) is 0.842. The summed E-state index contributed by atoms with van der Waals surface area (Å²) < 4.78 is 0. The van der Waals surface area contributed by atoms with E-state index in [1.54, 1.807) is 0 Å². The summed E-state index contributed by atoms with van der Waals surface area (Å²) in [5.41, 5.74) is 1.05. The molecule has 0 heterocycles. The standard InChI is InChI=1S/C19H37NO/c1-15(2)13-11-9-8-10-12-14-19(7,20-17(5)6)18(21)16(3)4/h13,16-17,20H,8-12,14H2,1-7H3. The van der Waals surface area contributed by atoms with Gasteiger partial charge in [0.1, 0.15) is 0 Å². The average Bonchev–Trinajstić information content (AvgIpc) is 2.35. The molecule has 21 heavy (non-hydrogen) atoms. The van der Waals surface area contributed by atoms with Crippen LogP contribution in [0.25, 0.3) is 0 Å². The molecule has 1 N–H and O–H groups in total. The van der Waals surface area contributed by atoms with Crippen molar-refractivity contribution in [2.45, 2.75) is 98.6 Å². The third kappa shape index (κ3) is 9.08. The van der Waals surface area contributed by atoms with Gasteiger partial charge in [0.25, 0.3) is 0 Å². The van der Waals surface area contributed by atoms with Gasteiger partial charge in [0, 0.05) is 12.0 Å². The van der Waals surface area contributed by atoms with E-state index < -0.39 is 0 Å². The van der Waals surface area contributed by atoms with E-state index in [0.29, 0.717) is 11.8 Å². The van der Waals surface area contributed by atoms with Crippen molar-refractivity contribution in [1.82, 2.24) is 5.32 Å². The van der Waals surface area contributed by atoms with Gasteiger partial charge in [-0.15, -0.1) is 0 Å². The van der Waals surface area contributed by atoms with Gasteiger partial charge in [-0.3, -0.25) is 4.79 Å². The van der Waals surface area contributed by atoms with Crippen LogP contribution < -0.4 is 5.32 Å².